The Balaban J connectivity index is 1.87. The van der Waals surface area contributed by atoms with Crippen LogP contribution in [0.4, 0.5) is 0 Å². The van der Waals surface area contributed by atoms with Crippen molar-refractivity contribution in [2.45, 2.75) is 24.8 Å². The molecule has 11 nitrogen and oxygen atoms in total. The predicted octanol–water partition coefficient (Wildman–Crippen LogP) is -1.56. The lowest BCUT2D eigenvalue weighted by molar-refractivity contribution is -0.0323. The van der Waals surface area contributed by atoms with Gasteiger partial charge in [0, 0.05) is 18.7 Å². The third-order valence-electron chi connectivity index (χ3n) is 3.79. The molecule has 0 unspecified atom stereocenters. The number of aliphatic hydroxyl groups is 1. The van der Waals surface area contributed by atoms with Gasteiger partial charge in [0.2, 0.25) is 0 Å². The van der Waals surface area contributed by atoms with E-state index in [4.69, 9.17) is 4.74 Å². The summed E-state index contributed by atoms with van der Waals surface area (Å²) in [4.78, 5) is 36.6. The molecule has 0 spiro atoms. The molecular formula is C13H15N5O6. The summed E-state index contributed by atoms with van der Waals surface area (Å²) in [5.41, 5.74) is -1.10. The van der Waals surface area contributed by atoms with Crippen LogP contribution in [0, 0.1) is 0 Å². The number of rotatable bonds is 4. The Morgan fingerprint density at radius 2 is 2.33 bits per heavy atom. The first-order valence-electron chi connectivity index (χ1n) is 7.11. The van der Waals surface area contributed by atoms with Crippen LogP contribution < -0.4 is 11.2 Å². The lowest BCUT2D eigenvalue weighted by Gasteiger charge is -2.15. The fourth-order valence-electron chi connectivity index (χ4n) is 2.62. The van der Waals surface area contributed by atoms with E-state index in [1.165, 1.54) is 34.8 Å². The van der Waals surface area contributed by atoms with Crippen molar-refractivity contribution < 1.29 is 19.4 Å². The minimum Gasteiger partial charge on any atom is -0.464 e. The molecule has 0 aliphatic carbocycles. The van der Waals surface area contributed by atoms with Crippen LogP contribution in [0.5, 0.6) is 0 Å². The summed E-state index contributed by atoms with van der Waals surface area (Å²) in [6, 6.07) is 0.765. The van der Waals surface area contributed by atoms with Gasteiger partial charge in [-0.2, -0.15) is 0 Å². The van der Waals surface area contributed by atoms with Crippen molar-refractivity contribution in [3.63, 3.8) is 0 Å². The molecule has 1 aliphatic rings. The Hall–Kier alpha value is -2.79. The number of aromatic amines is 1. The summed E-state index contributed by atoms with van der Waals surface area (Å²) in [7, 11) is 1.23. The number of H-pyrrole nitrogens is 1. The van der Waals surface area contributed by atoms with E-state index in [-0.39, 0.29) is 12.3 Å². The molecule has 2 aromatic rings. The van der Waals surface area contributed by atoms with Gasteiger partial charge in [-0.1, -0.05) is 5.21 Å². The largest absolute Gasteiger partial charge is 0.464 e. The van der Waals surface area contributed by atoms with E-state index in [1.54, 1.807) is 0 Å². The highest BCUT2D eigenvalue weighted by Crippen LogP contribution is 2.35. The summed E-state index contributed by atoms with van der Waals surface area (Å²) in [6.45, 7) is -0.313. The molecule has 0 bridgehead atoms. The van der Waals surface area contributed by atoms with Crippen LogP contribution in [0.25, 0.3) is 0 Å². The summed E-state index contributed by atoms with van der Waals surface area (Å²) in [6.07, 6.45) is 1.66. The number of carbonyl (C=O) groups excluding carboxylic acids is 1. The maximum Gasteiger partial charge on any atom is 0.360 e. The third-order valence-corrected chi connectivity index (χ3v) is 3.79. The first-order valence-corrected chi connectivity index (χ1v) is 7.11. The summed E-state index contributed by atoms with van der Waals surface area (Å²) < 4.78 is 12.9. The predicted molar refractivity (Wildman–Crippen MR) is 77.3 cm³/mol. The molecule has 1 saturated heterocycles. The Bertz CT molecular complexity index is 855. The zero-order valence-electron chi connectivity index (χ0n) is 12.7. The highest BCUT2D eigenvalue weighted by Gasteiger charge is 2.38. The van der Waals surface area contributed by atoms with Gasteiger partial charge in [0.05, 0.1) is 26.0 Å². The highest BCUT2D eigenvalue weighted by atomic mass is 16.5. The van der Waals surface area contributed by atoms with Crippen LogP contribution >= 0.6 is 0 Å². The number of nitrogens with one attached hydrogen (secondary N) is 1. The Morgan fingerprint density at radius 3 is 3.00 bits per heavy atom. The number of methoxy groups -OCH3 is 1. The summed E-state index contributed by atoms with van der Waals surface area (Å²) in [5, 5.41) is 17.1. The number of hydrogen-bond donors (Lipinski definition) is 2. The Morgan fingerprint density at radius 1 is 1.54 bits per heavy atom. The lowest BCUT2D eigenvalue weighted by Crippen LogP contribution is -2.31. The molecule has 0 amide bonds. The minimum absolute atomic E-state index is 0.0267. The zero-order valence-corrected chi connectivity index (χ0v) is 12.7. The van der Waals surface area contributed by atoms with Crippen LogP contribution in [0.1, 0.15) is 29.2 Å². The molecule has 0 saturated carbocycles. The van der Waals surface area contributed by atoms with E-state index >= 15 is 0 Å². The first kappa shape index (κ1) is 16.1. The van der Waals surface area contributed by atoms with Gasteiger partial charge >= 0.3 is 11.7 Å². The van der Waals surface area contributed by atoms with Gasteiger partial charge in [0.1, 0.15) is 12.3 Å². The molecule has 11 heteroatoms. The van der Waals surface area contributed by atoms with Crippen molar-refractivity contribution in [2.75, 3.05) is 13.7 Å². The van der Waals surface area contributed by atoms with Crippen molar-refractivity contribution in [2.24, 2.45) is 0 Å². The standard InChI is InChI=1S/C13H15N5O6/c1-23-12(21)7-5-18(16-15-7)8-4-11(24-9(8)6-19)17-3-2-10(20)14-13(17)22/h2-3,5,8-9,11,19H,4,6H2,1H3,(H,14,20,22)/t8-,9+,11+/m0/s1. The van der Waals surface area contributed by atoms with Gasteiger partial charge in [-0.25, -0.2) is 14.3 Å². The zero-order chi connectivity index (χ0) is 17.3. The average molecular weight is 337 g/mol. The number of aliphatic hydroxyl groups excluding tert-OH is 1. The topological polar surface area (TPSA) is 141 Å². The Kier molecular flexibility index (Phi) is 4.27. The van der Waals surface area contributed by atoms with Gasteiger partial charge in [0.25, 0.3) is 5.56 Å². The molecule has 0 aromatic carbocycles. The number of ether oxygens (including phenoxy) is 2. The van der Waals surface area contributed by atoms with Crippen LogP contribution in [0.15, 0.2) is 28.0 Å². The third kappa shape index (κ3) is 2.86. The van der Waals surface area contributed by atoms with E-state index in [9.17, 15) is 19.5 Å². The van der Waals surface area contributed by atoms with Crippen LogP contribution in [-0.4, -0.2) is 55.4 Å². The molecule has 3 heterocycles. The molecule has 1 fully saturated rings. The van der Waals surface area contributed by atoms with E-state index < -0.39 is 35.6 Å². The van der Waals surface area contributed by atoms with E-state index in [0.717, 1.165) is 0 Å². The highest BCUT2D eigenvalue weighted by molar-refractivity contribution is 5.86. The van der Waals surface area contributed by atoms with Crippen molar-refractivity contribution in [1.82, 2.24) is 24.5 Å². The van der Waals surface area contributed by atoms with Crippen LogP contribution in [-0.2, 0) is 9.47 Å². The molecule has 2 N–H and O–H groups in total. The van der Waals surface area contributed by atoms with Gasteiger partial charge in [-0.3, -0.25) is 14.3 Å². The van der Waals surface area contributed by atoms with Crippen molar-refractivity contribution >= 4 is 5.97 Å². The van der Waals surface area contributed by atoms with E-state index in [2.05, 4.69) is 20.0 Å². The maximum absolute atomic E-state index is 11.9. The van der Waals surface area contributed by atoms with Gasteiger partial charge in [0.15, 0.2) is 5.69 Å². The van der Waals surface area contributed by atoms with Gasteiger partial charge in [-0.05, 0) is 0 Å². The molecule has 3 rings (SSSR count). The summed E-state index contributed by atoms with van der Waals surface area (Å²) in [5.74, 6) is -0.630. The monoisotopic (exact) mass is 337 g/mol. The number of hydrogen-bond acceptors (Lipinski definition) is 8. The van der Waals surface area contributed by atoms with Gasteiger partial charge < -0.3 is 14.6 Å². The maximum atomic E-state index is 11.9. The number of carbonyl (C=O) groups is 1. The SMILES string of the molecule is COC(=O)c1cn([C@H]2C[C@H](n3ccc(=O)[nH]c3=O)O[C@@H]2CO)nn1. The molecule has 3 atom stereocenters. The molecule has 1 aliphatic heterocycles. The van der Waals surface area contributed by atoms with Crippen LogP contribution in [0.3, 0.4) is 0 Å². The van der Waals surface area contributed by atoms with Crippen molar-refractivity contribution in [3.8, 4) is 0 Å². The number of nitrogens with zero attached hydrogens (tertiary/aromatic N) is 4. The average Bonchev–Trinajstić information content (AvgIpc) is 3.20. The fraction of sp³-hybridized carbons (Fsp3) is 0.462. The van der Waals surface area contributed by atoms with Crippen molar-refractivity contribution in [1.29, 1.82) is 0 Å². The van der Waals surface area contributed by atoms with Gasteiger partial charge in [-0.15, -0.1) is 5.10 Å². The molecule has 2 aromatic heterocycles. The van der Waals surface area contributed by atoms with Crippen LogP contribution in [0.2, 0.25) is 0 Å². The molecule has 24 heavy (non-hydrogen) atoms. The second kappa shape index (κ2) is 6.37. The lowest BCUT2D eigenvalue weighted by atomic mass is 10.1. The Labute approximate surface area is 134 Å². The normalized spacial score (nSPS) is 23.3. The smallest absolute Gasteiger partial charge is 0.360 e. The minimum atomic E-state index is -0.692. The second-order valence-electron chi connectivity index (χ2n) is 5.21. The molecular weight excluding hydrogens is 322 g/mol. The number of aromatic nitrogens is 5. The molecule has 0 radical (unpaired) electrons. The number of esters is 1. The summed E-state index contributed by atoms with van der Waals surface area (Å²) >= 11 is 0. The van der Waals surface area contributed by atoms with E-state index in [1.807, 2.05) is 0 Å². The van der Waals surface area contributed by atoms with E-state index in [0.29, 0.717) is 6.42 Å². The fourth-order valence-corrected chi connectivity index (χ4v) is 2.62. The second-order valence-corrected chi connectivity index (χ2v) is 5.21. The van der Waals surface area contributed by atoms with Crippen molar-refractivity contribution in [3.05, 3.63) is 45.0 Å². The quantitative estimate of drug-likeness (QED) is 0.638. The first-order chi connectivity index (χ1) is 11.5. The molecule has 128 valence electrons.